The van der Waals surface area contributed by atoms with E-state index in [0.717, 1.165) is 19.4 Å². The van der Waals surface area contributed by atoms with Gasteiger partial charge in [0, 0.05) is 21.1 Å². The minimum absolute atomic E-state index is 0. The van der Waals surface area contributed by atoms with Gasteiger partial charge in [-0.25, -0.2) is 4.79 Å². The van der Waals surface area contributed by atoms with Crippen LogP contribution in [0.15, 0.2) is 0 Å². The molecule has 2 amide bonds. The van der Waals surface area contributed by atoms with Gasteiger partial charge in [0.2, 0.25) is 0 Å². The monoisotopic (exact) mass is 174 g/mol. The van der Waals surface area contributed by atoms with Crippen molar-refractivity contribution < 1.29 is 6.22 Å². The summed E-state index contributed by atoms with van der Waals surface area (Å²) in [6.07, 6.45) is 2.20. The van der Waals surface area contributed by atoms with E-state index in [1.54, 1.807) is 4.90 Å². The van der Waals surface area contributed by atoms with Crippen LogP contribution in [0.3, 0.4) is 0 Å². The number of unbranched alkanes of at least 4 members (excludes halogenated alkanes) is 1. The van der Waals surface area contributed by atoms with Crippen molar-refractivity contribution in [1.29, 1.82) is 0 Å². The second-order valence-corrected chi connectivity index (χ2v) is 3.38. The SMILES string of the molecule is CCCCN(C)C(=O)NC(C)C.[HH]. The summed E-state index contributed by atoms with van der Waals surface area (Å²) in [4.78, 5) is 13.0. The maximum atomic E-state index is 11.3. The maximum absolute atomic E-state index is 11.3. The van der Waals surface area contributed by atoms with Gasteiger partial charge in [-0.3, -0.25) is 0 Å². The van der Waals surface area contributed by atoms with Crippen molar-refractivity contribution in [3.63, 3.8) is 0 Å². The van der Waals surface area contributed by atoms with E-state index in [2.05, 4.69) is 12.2 Å². The van der Waals surface area contributed by atoms with Crippen molar-refractivity contribution in [1.82, 2.24) is 10.2 Å². The smallest absolute Gasteiger partial charge is 0.317 e. The van der Waals surface area contributed by atoms with Crippen molar-refractivity contribution in [2.24, 2.45) is 0 Å². The van der Waals surface area contributed by atoms with Crippen molar-refractivity contribution in [2.75, 3.05) is 13.6 Å². The number of urea groups is 1. The molecule has 3 heteroatoms. The lowest BCUT2D eigenvalue weighted by Gasteiger charge is -2.19. The Labute approximate surface area is 76.6 Å². The lowest BCUT2D eigenvalue weighted by Crippen LogP contribution is -2.41. The summed E-state index contributed by atoms with van der Waals surface area (Å²) in [5.74, 6) is 0. The lowest BCUT2D eigenvalue weighted by molar-refractivity contribution is 0.205. The molecule has 0 aromatic rings. The van der Waals surface area contributed by atoms with Crippen LogP contribution in [0.2, 0.25) is 0 Å². The molecule has 0 unspecified atom stereocenters. The maximum Gasteiger partial charge on any atom is 0.317 e. The zero-order valence-corrected chi connectivity index (χ0v) is 8.55. The molecule has 0 saturated heterocycles. The molecule has 0 radical (unpaired) electrons. The summed E-state index contributed by atoms with van der Waals surface area (Å²) in [7, 11) is 1.83. The molecule has 0 aliphatic rings. The summed E-state index contributed by atoms with van der Waals surface area (Å²) in [5, 5.41) is 2.84. The third-order valence-corrected chi connectivity index (χ3v) is 1.61. The van der Waals surface area contributed by atoms with Crippen LogP contribution in [-0.2, 0) is 0 Å². The highest BCUT2D eigenvalue weighted by Crippen LogP contribution is 1.92. The largest absolute Gasteiger partial charge is 0.336 e. The van der Waals surface area contributed by atoms with Gasteiger partial charge < -0.3 is 10.2 Å². The second kappa shape index (κ2) is 5.86. The van der Waals surface area contributed by atoms with Crippen molar-refractivity contribution in [3.8, 4) is 0 Å². The number of rotatable bonds is 4. The average Bonchev–Trinajstić information content (AvgIpc) is 1.98. The van der Waals surface area contributed by atoms with E-state index in [1.165, 1.54) is 0 Å². The Morgan fingerprint density at radius 1 is 1.58 bits per heavy atom. The Morgan fingerprint density at radius 2 is 2.17 bits per heavy atom. The minimum atomic E-state index is 0. The molecular weight excluding hydrogens is 152 g/mol. The number of nitrogens with one attached hydrogen (secondary N) is 1. The van der Waals surface area contributed by atoms with E-state index in [1.807, 2.05) is 20.9 Å². The third kappa shape index (κ3) is 4.99. The predicted octanol–water partition coefficient (Wildman–Crippen LogP) is 2.08. The molecule has 0 aliphatic heterocycles. The molecule has 0 aromatic carbocycles. The minimum Gasteiger partial charge on any atom is -0.336 e. The van der Waals surface area contributed by atoms with Crippen LogP contribution >= 0.6 is 0 Å². The fourth-order valence-corrected chi connectivity index (χ4v) is 0.854. The summed E-state index contributed by atoms with van der Waals surface area (Å²) in [6, 6.07) is 0.250. The molecule has 0 atom stereocenters. The molecule has 0 spiro atoms. The standard InChI is InChI=1S/C9H20N2O.H2/c1-5-6-7-11(4)9(12)10-8(2)3;/h8H,5-7H2,1-4H3,(H,10,12);1H. The number of nitrogens with zero attached hydrogens (tertiary/aromatic N) is 1. The third-order valence-electron chi connectivity index (χ3n) is 1.61. The number of amides is 2. The highest BCUT2D eigenvalue weighted by molar-refractivity contribution is 5.74. The molecule has 0 bridgehead atoms. The van der Waals surface area contributed by atoms with Gasteiger partial charge in [0.15, 0.2) is 0 Å². The molecule has 0 aliphatic carbocycles. The van der Waals surface area contributed by atoms with Crippen LogP contribution in [0.4, 0.5) is 4.79 Å². The molecule has 74 valence electrons. The van der Waals surface area contributed by atoms with Crippen LogP contribution in [-0.4, -0.2) is 30.6 Å². The molecule has 0 aromatic heterocycles. The van der Waals surface area contributed by atoms with Gasteiger partial charge in [-0.05, 0) is 20.3 Å². The van der Waals surface area contributed by atoms with Gasteiger partial charge in [0.1, 0.15) is 0 Å². The number of hydrogen-bond donors (Lipinski definition) is 1. The second-order valence-electron chi connectivity index (χ2n) is 3.38. The molecule has 0 fully saturated rings. The Morgan fingerprint density at radius 3 is 2.58 bits per heavy atom. The molecule has 12 heavy (non-hydrogen) atoms. The van der Waals surface area contributed by atoms with Gasteiger partial charge >= 0.3 is 6.03 Å². The van der Waals surface area contributed by atoms with Crippen LogP contribution in [0.1, 0.15) is 35.0 Å². The van der Waals surface area contributed by atoms with E-state index >= 15 is 0 Å². The molecule has 0 saturated carbocycles. The summed E-state index contributed by atoms with van der Waals surface area (Å²) < 4.78 is 0. The number of carbonyl (C=O) groups excluding carboxylic acids is 1. The lowest BCUT2D eigenvalue weighted by atomic mass is 10.3. The highest BCUT2D eigenvalue weighted by Gasteiger charge is 2.07. The Bertz CT molecular complexity index is 140. The first-order valence-corrected chi connectivity index (χ1v) is 4.59. The summed E-state index contributed by atoms with van der Waals surface area (Å²) in [6.45, 7) is 6.89. The first-order chi connectivity index (χ1) is 5.57. The fraction of sp³-hybridized carbons (Fsp3) is 0.889. The van der Waals surface area contributed by atoms with E-state index in [0.29, 0.717) is 0 Å². The molecular formula is C9H22N2O. The van der Waals surface area contributed by atoms with Crippen molar-refractivity contribution in [2.45, 2.75) is 39.7 Å². The van der Waals surface area contributed by atoms with E-state index < -0.39 is 0 Å². The normalized spacial score (nSPS) is 10.1. The van der Waals surface area contributed by atoms with Crippen LogP contribution in [0.5, 0.6) is 0 Å². The quantitative estimate of drug-likeness (QED) is 0.695. The number of carbonyl (C=O) groups is 1. The Balaban J connectivity index is 0. The Hall–Kier alpha value is -0.730. The first kappa shape index (κ1) is 11.3. The van der Waals surface area contributed by atoms with Gasteiger partial charge in [-0.2, -0.15) is 0 Å². The topological polar surface area (TPSA) is 32.3 Å². The average molecular weight is 174 g/mol. The van der Waals surface area contributed by atoms with Crippen molar-refractivity contribution >= 4 is 6.03 Å². The Kier molecular flexibility index (Phi) is 5.51. The van der Waals surface area contributed by atoms with Gasteiger partial charge in [-0.15, -0.1) is 0 Å². The van der Waals surface area contributed by atoms with Crippen LogP contribution in [0.25, 0.3) is 0 Å². The van der Waals surface area contributed by atoms with Gasteiger partial charge in [0.05, 0.1) is 0 Å². The molecule has 3 nitrogen and oxygen atoms in total. The summed E-state index contributed by atoms with van der Waals surface area (Å²) in [5.41, 5.74) is 0. The fourth-order valence-electron chi connectivity index (χ4n) is 0.854. The van der Waals surface area contributed by atoms with Crippen molar-refractivity contribution in [3.05, 3.63) is 0 Å². The van der Waals surface area contributed by atoms with E-state index in [9.17, 15) is 4.79 Å². The van der Waals surface area contributed by atoms with Gasteiger partial charge in [0.25, 0.3) is 0 Å². The highest BCUT2D eigenvalue weighted by atomic mass is 16.2. The van der Waals surface area contributed by atoms with Crippen LogP contribution < -0.4 is 5.32 Å². The van der Waals surface area contributed by atoms with E-state index in [4.69, 9.17) is 0 Å². The summed E-state index contributed by atoms with van der Waals surface area (Å²) >= 11 is 0. The van der Waals surface area contributed by atoms with Crippen LogP contribution in [0, 0.1) is 0 Å². The molecule has 1 N–H and O–H groups in total. The number of hydrogen-bond acceptors (Lipinski definition) is 1. The zero-order valence-electron chi connectivity index (χ0n) is 8.55. The predicted molar refractivity (Wildman–Crippen MR) is 53.3 cm³/mol. The molecule has 0 heterocycles. The van der Waals surface area contributed by atoms with E-state index in [-0.39, 0.29) is 13.5 Å². The molecule has 0 rings (SSSR count). The zero-order chi connectivity index (χ0) is 9.56. The van der Waals surface area contributed by atoms with Gasteiger partial charge in [-0.1, -0.05) is 13.3 Å². The first-order valence-electron chi connectivity index (χ1n) is 4.59.